The first kappa shape index (κ1) is 17.6. The number of aliphatic hydroxyl groups excluding tert-OH is 1. The number of carbonyl (C=O) groups is 1. The molecule has 0 aliphatic carbocycles. The summed E-state index contributed by atoms with van der Waals surface area (Å²) in [7, 11) is 0. The molecule has 0 unspecified atom stereocenters. The third-order valence-corrected chi connectivity index (χ3v) is 5.23. The average Bonchev–Trinajstić information content (AvgIpc) is 3.24. The van der Waals surface area contributed by atoms with Gasteiger partial charge in [0.1, 0.15) is 0 Å². The molecule has 1 atom stereocenters. The van der Waals surface area contributed by atoms with Crippen LogP contribution in [0.1, 0.15) is 36.6 Å². The van der Waals surface area contributed by atoms with Gasteiger partial charge in [0.15, 0.2) is 0 Å². The van der Waals surface area contributed by atoms with Gasteiger partial charge >= 0.3 is 0 Å². The number of hydrogen-bond acceptors (Lipinski definition) is 6. The Hall–Kier alpha value is -2.80. The van der Waals surface area contributed by atoms with E-state index >= 15 is 0 Å². The lowest BCUT2D eigenvalue weighted by Gasteiger charge is -2.33. The van der Waals surface area contributed by atoms with Crippen molar-refractivity contribution in [3.63, 3.8) is 0 Å². The molecule has 1 amide bonds. The number of hydrogen-bond donors (Lipinski definition) is 1. The second kappa shape index (κ2) is 7.84. The van der Waals surface area contributed by atoms with Crippen molar-refractivity contribution in [1.29, 1.82) is 0 Å². The molecule has 2 aliphatic rings. The molecule has 27 heavy (non-hydrogen) atoms. The maximum absolute atomic E-state index is 13.1. The summed E-state index contributed by atoms with van der Waals surface area (Å²) in [5, 5.41) is 15.3. The Morgan fingerprint density at radius 3 is 2.67 bits per heavy atom. The fourth-order valence-electron chi connectivity index (χ4n) is 3.72. The predicted molar refractivity (Wildman–Crippen MR) is 102 cm³/mol. The van der Waals surface area contributed by atoms with Crippen LogP contribution >= 0.6 is 0 Å². The summed E-state index contributed by atoms with van der Waals surface area (Å²) in [5.74, 6) is 0.680. The predicted octanol–water partition coefficient (Wildman–Crippen LogP) is 2.14. The first-order valence-electron chi connectivity index (χ1n) is 9.34. The SMILES string of the molecule is O=C(C1CCN(c2nccc(CO)n2)CC1)N1N=CC[C@H]1c1ccccc1. The van der Waals surface area contributed by atoms with Gasteiger partial charge in [0.05, 0.1) is 18.3 Å². The Morgan fingerprint density at radius 2 is 1.93 bits per heavy atom. The Morgan fingerprint density at radius 1 is 1.15 bits per heavy atom. The lowest BCUT2D eigenvalue weighted by atomic mass is 9.94. The number of nitrogens with zero attached hydrogens (tertiary/aromatic N) is 5. The summed E-state index contributed by atoms with van der Waals surface area (Å²) < 4.78 is 0. The van der Waals surface area contributed by atoms with Crippen LogP contribution in [0.15, 0.2) is 47.7 Å². The van der Waals surface area contributed by atoms with Crippen LogP contribution < -0.4 is 4.90 Å². The standard InChI is InChI=1S/C20H23N5O2/c26-14-17-6-10-21-20(23-17)24-12-8-16(9-13-24)19(27)25-18(7-11-22-25)15-4-2-1-3-5-15/h1-6,10-11,16,18,26H,7-9,12-14H2/t18-/m0/s1. The van der Waals surface area contributed by atoms with Crippen molar-refractivity contribution in [3.05, 3.63) is 53.9 Å². The van der Waals surface area contributed by atoms with E-state index < -0.39 is 0 Å². The molecule has 4 rings (SSSR count). The molecular formula is C20H23N5O2. The zero-order valence-electron chi connectivity index (χ0n) is 15.1. The van der Waals surface area contributed by atoms with E-state index in [1.807, 2.05) is 36.5 Å². The van der Waals surface area contributed by atoms with Gasteiger partial charge in [-0.3, -0.25) is 4.79 Å². The monoisotopic (exact) mass is 365 g/mol. The van der Waals surface area contributed by atoms with Gasteiger partial charge in [-0.05, 0) is 24.5 Å². The quantitative estimate of drug-likeness (QED) is 0.898. The third kappa shape index (κ3) is 3.68. The van der Waals surface area contributed by atoms with Gasteiger partial charge in [-0.15, -0.1) is 0 Å². The summed E-state index contributed by atoms with van der Waals surface area (Å²) in [6, 6.07) is 11.8. The fourth-order valence-corrected chi connectivity index (χ4v) is 3.72. The van der Waals surface area contributed by atoms with Crippen LogP contribution in [-0.2, 0) is 11.4 Å². The summed E-state index contributed by atoms with van der Waals surface area (Å²) in [4.78, 5) is 23.8. The van der Waals surface area contributed by atoms with Crippen LogP contribution in [0.3, 0.4) is 0 Å². The minimum atomic E-state index is -0.0989. The largest absolute Gasteiger partial charge is 0.390 e. The molecule has 2 aromatic rings. The number of piperidine rings is 1. The number of aromatic nitrogens is 2. The number of amides is 1. The number of rotatable bonds is 4. The van der Waals surface area contributed by atoms with Gasteiger partial charge in [0.2, 0.25) is 11.9 Å². The Kier molecular flexibility index (Phi) is 5.11. The van der Waals surface area contributed by atoms with Crippen LogP contribution in [0, 0.1) is 5.92 Å². The molecule has 7 heteroatoms. The molecular weight excluding hydrogens is 342 g/mol. The third-order valence-electron chi connectivity index (χ3n) is 5.23. The van der Waals surface area contributed by atoms with E-state index in [2.05, 4.69) is 20.0 Å². The second-order valence-corrected chi connectivity index (χ2v) is 6.91. The van der Waals surface area contributed by atoms with Gasteiger partial charge in [0.25, 0.3) is 0 Å². The summed E-state index contributed by atoms with van der Waals surface area (Å²) in [6.45, 7) is 1.34. The number of aliphatic hydroxyl groups is 1. The van der Waals surface area contributed by atoms with Crippen molar-refractivity contribution in [1.82, 2.24) is 15.0 Å². The number of anilines is 1. The van der Waals surface area contributed by atoms with Crippen molar-refractivity contribution in [2.45, 2.75) is 31.9 Å². The number of benzene rings is 1. The minimum Gasteiger partial charge on any atom is -0.390 e. The molecule has 1 aromatic carbocycles. The van der Waals surface area contributed by atoms with Crippen LogP contribution in [-0.4, -0.2) is 45.3 Å². The maximum atomic E-state index is 13.1. The van der Waals surface area contributed by atoms with Crippen LogP contribution in [0.4, 0.5) is 5.95 Å². The first-order valence-corrected chi connectivity index (χ1v) is 9.34. The smallest absolute Gasteiger partial charge is 0.246 e. The van der Waals surface area contributed by atoms with E-state index in [1.165, 1.54) is 0 Å². The Bertz CT molecular complexity index is 818. The molecule has 0 radical (unpaired) electrons. The molecule has 1 N–H and O–H groups in total. The normalized spacial score (nSPS) is 20.3. The van der Waals surface area contributed by atoms with Crippen LogP contribution in [0.25, 0.3) is 0 Å². The molecule has 0 saturated carbocycles. The van der Waals surface area contributed by atoms with Crippen molar-refractivity contribution < 1.29 is 9.90 Å². The summed E-state index contributed by atoms with van der Waals surface area (Å²) in [5.41, 5.74) is 1.73. The lowest BCUT2D eigenvalue weighted by molar-refractivity contribution is -0.138. The zero-order valence-corrected chi connectivity index (χ0v) is 15.1. The zero-order chi connectivity index (χ0) is 18.6. The molecule has 3 heterocycles. The minimum absolute atomic E-state index is 0.00120. The molecule has 0 spiro atoms. The molecule has 1 saturated heterocycles. The van der Waals surface area contributed by atoms with Crippen LogP contribution in [0.2, 0.25) is 0 Å². The lowest BCUT2D eigenvalue weighted by Crippen LogP contribution is -2.41. The highest BCUT2D eigenvalue weighted by Gasteiger charge is 2.35. The average molecular weight is 365 g/mol. The van der Waals surface area contributed by atoms with Gasteiger partial charge in [-0.25, -0.2) is 15.0 Å². The highest BCUT2D eigenvalue weighted by molar-refractivity contribution is 5.82. The Labute approximate surface area is 158 Å². The first-order chi connectivity index (χ1) is 13.3. The van der Waals surface area contributed by atoms with Gasteiger partial charge in [-0.2, -0.15) is 5.10 Å². The van der Waals surface area contributed by atoms with E-state index in [9.17, 15) is 9.90 Å². The molecule has 0 bridgehead atoms. The highest BCUT2D eigenvalue weighted by atomic mass is 16.3. The van der Waals surface area contributed by atoms with Crippen molar-refractivity contribution in [3.8, 4) is 0 Å². The number of carbonyl (C=O) groups excluding carboxylic acids is 1. The molecule has 140 valence electrons. The van der Waals surface area contributed by atoms with E-state index in [-0.39, 0.29) is 24.5 Å². The molecule has 1 aromatic heterocycles. The number of hydrazone groups is 1. The highest BCUT2D eigenvalue weighted by Crippen LogP contribution is 2.32. The topological polar surface area (TPSA) is 81.9 Å². The van der Waals surface area contributed by atoms with E-state index in [4.69, 9.17) is 0 Å². The fraction of sp³-hybridized carbons (Fsp3) is 0.400. The van der Waals surface area contributed by atoms with Gasteiger partial charge in [0, 0.05) is 37.8 Å². The van der Waals surface area contributed by atoms with Crippen LogP contribution in [0.5, 0.6) is 0 Å². The second-order valence-electron chi connectivity index (χ2n) is 6.91. The Balaban J connectivity index is 1.40. The molecule has 2 aliphatic heterocycles. The van der Waals surface area contributed by atoms with Crippen molar-refractivity contribution in [2.75, 3.05) is 18.0 Å². The van der Waals surface area contributed by atoms with Gasteiger partial charge in [-0.1, -0.05) is 30.3 Å². The molecule has 1 fully saturated rings. The molecule has 7 nitrogen and oxygen atoms in total. The summed E-state index contributed by atoms with van der Waals surface area (Å²) >= 11 is 0. The van der Waals surface area contributed by atoms with E-state index in [1.54, 1.807) is 17.3 Å². The van der Waals surface area contributed by atoms with Crippen molar-refractivity contribution >= 4 is 18.1 Å². The van der Waals surface area contributed by atoms with Gasteiger partial charge < -0.3 is 10.0 Å². The van der Waals surface area contributed by atoms with E-state index in [0.29, 0.717) is 11.6 Å². The summed E-state index contributed by atoms with van der Waals surface area (Å²) in [6.07, 6.45) is 5.75. The van der Waals surface area contributed by atoms with Crippen molar-refractivity contribution in [2.24, 2.45) is 11.0 Å². The van der Waals surface area contributed by atoms with E-state index in [0.717, 1.165) is 37.9 Å². The maximum Gasteiger partial charge on any atom is 0.246 e.